The molecule has 0 spiro atoms. The molecule has 0 unspecified atom stereocenters. The van der Waals surface area contributed by atoms with Gasteiger partial charge in [0.25, 0.3) is 0 Å². The Bertz CT molecular complexity index is 114. The fraction of sp³-hybridized carbons (Fsp3) is 1.00. The molecule has 0 aliphatic carbocycles. The quantitative estimate of drug-likeness (QED) is 0.557. The number of unbranched alkanes of at least 4 members (excludes halogenated alkanes) is 1. The van der Waals surface area contributed by atoms with Crippen LogP contribution in [0.25, 0.3) is 0 Å². The third-order valence-electron chi connectivity index (χ3n) is 3.20. The zero-order valence-corrected chi connectivity index (χ0v) is 8.81. The smallest absolute Gasteiger partial charge is 0.0788 e. The Hall–Kier alpha value is -0.0400. The second-order valence-electron chi connectivity index (χ2n) is 4.30. The summed E-state index contributed by atoms with van der Waals surface area (Å²) in [5, 5.41) is 0. The van der Waals surface area contributed by atoms with E-state index in [1.807, 2.05) is 0 Å². The van der Waals surface area contributed by atoms with E-state index in [1.54, 1.807) is 0 Å². The Morgan fingerprint density at radius 3 is 2.08 bits per heavy atom. The lowest BCUT2D eigenvalue weighted by Gasteiger charge is -2.34. The first-order valence-corrected chi connectivity index (χ1v) is 5.68. The number of hydrogen-bond donors (Lipinski definition) is 0. The zero-order chi connectivity index (χ0) is 8.86. The van der Waals surface area contributed by atoms with Gasteiger partial charge in [-0.3, -0.25) is 0 Å². The first kappa shape index (κ1) is 10.0. The minimum Gasteiger partial charge on any atom is -0.324 e. The van der Waals surface area contributed by atoms with Crippen molar-refractivity contribution < 1.29 is 4.48 Å². The van der Waals surface area contributed by atoms with Gasteiger partial charge in [-0.05, 0) is 12.8 Å². The van der Waals surface area contributed by atoms with Crippen LogP contribution < -0.4 is 0 Å². The first-order chi connectivity index (χ1) is 5.83. The lowest BCUT2D eigenvalue weighted by Crippen LogP contribution is -2.46. The molecule has 0 aromatic rings. The lowest BCUT2D eigenvalue weighted by molar-refractivity contribution is -0.917. The van der Waals surface area contributed by atoms with Gasteiger partial charge in [-0.1, -0.05) is 20.3 Å². The van der Waals surface area contributed by atoms with E-state index in [0.717, 1.165) is 0 Å². The summed E-state index contributed by atoms with van der Waals surface area (Å²) in [6.07, 6.45) is 7.11. The molecule has 12 heavy (non-hydrogen) atoms. The van der Waals surface area contributed by atoms with Gasteiger partial charge in [0.15, 0.2) is 0 Å². The lowest BCUT2D eigenvalue weighted by atomic mass is 10.2. The van der Waals surface area contributed by atoms with Crippen LogP contribution in [-0.2, 0) is 0 Å². The van der Waals surface area contributed by atoms with Gasteiger partial charge in [-0.2, -0.15) is 0 Å². The Labute approximate surface area is 77.4 Å². The first-order valence-electron chi connectivity index (χ1n) is 5.68. The monoisotopic (exact) mass is 170 g/mol. The molecular weight excluding hydrogens is 146 g/mol. The van der Waals surface area contributed by atoms with Crippen LogP contribution in [0, 0.1) is 0 Å². The van der Waals surface area contributed by atoms with E-state index in [4.69, 9.17) is 0 Å². The summed E-state index contributed by atoms with van der Waals surface area (Å²) >= 11 is 0. The Morgan fingerprint density at radius 1 is 0.917 bits per heavy atom. The Kier molecular flexibility index (Phi) is 4.07. The molecule has 1 nitrogen and oxygen atoms in total. The molecule has 0 saturated carbocycles. The summed E-state index contributed by atoms with van der Waals surface area (Å²) in [6, 6.07) is 0. The minimum absolute atomic E-state index is 1.36. The van der Waals surface area contributed by atoms with Gasteiger partial charge in [0.1, 0.15) is 0 Å². The van der Waals surface area contributed by atoms with E-state index in [1.165, 1.54) is 62.8 Å². The van der Waals surface area contributed by atoms with Crippen LogP contribution in [0.2, 0.25) is 0 Å². The maximum Gasteiger partial charge on any atom is 0.0788 e. The van der Waals surface area contributed by atoms with Gasteiger partial charge < -0.3 is 4.48 Å². The van der Waals surface area contributed by atoms with Crippen LogP contribution in [0.4, 0.5) is 0 Å². The summed E-state index contributed by atoms with van der Waals surface area (Å²) in [6.45, 7) is 10.4. The molecule has 0 bridgehead atoms. The molecule has 0 aromatic carbocycles. The van der Waals surface area contributed by atoms with E-state index in [0.29, 0.717) is 0 Å². The maximum absolute atomic E-state index is 2.32. The number of rotatable bonds is 5. The predicted octanol–water partition coefficient (Wildman–Crippen LogP) is 2.81. The van der Waals surface area contributed by atoms with Gasteiger partial charge in [0.05, 0.1) is 26.2 Å². The van der Waals surface area contributed by atoms with Crippen molar-refractivity contribution in [1.29, 1.82) is 0 Å². The van der Waals surface area contributed by atoms with Gasteiger partial charge in [-0.15, -0.1) is 0 Å². The van der Waals surface area contributed by atoms with Crippen molar-refractivity contribution in [3.63, 3.8) is 0 Å². The fourth-order valence-electron chi connectivity index (χ4n) is 2.53. The van der Waals surface area contributed by atoms with Gasteiger partial charge in [0.2, 0.25) is 0 Å². The summed E-state index contributed by atoms with van der Waals surface area (Å²) in [5.74, 6) is 0. The molecule has 0 N–H and O–H groups in total. The van der Waals surface area contributed by atoms with Crippen LogP contribution in [0.1, 0.15) is 46.0 Å². The molecule has 0 radical (unpaired) electrons. The second-order valence-corrected chi connectivity index (χ2v) is 4.30. The second kappa shape index (κ2) is 4.86. The topological polar surface area (TPSA) is 0 Å². The highest BCUT2D eigenvalue weighted by Crippen LogP contribution is 2.20. The minimum atomic E-state index is 1.36. The number of hydrogen-bond acceptors (Lipinski definition) is 0. The van der Waals surface area contributed by atoms with Crippen molar-refractivity contribution in [2.45, 2.75) is 46.0 Å². The molecule has 0 amide bonds. The maximum atomic E-state index is 2.32. The van der Waals surface area contributed by atoms with Crippen molar-refractivity contribution in [2.75, 3.05) is 26.2 Å². The van der Waals surface area contributed by atoms with Gasteiger partial charge >= 0.3 is 0 Å². The summed E-state index contributed by atoms with van der Waals surface area (Å²) < 4.78 is 1.45. The molecule has 0 aromatic heterocycles. The van der Waals surface area contributed by atoms with Crippen molar-refractivity contribution in [2.24, 2.45) is 0 Å². The van der Waals surface area contributed by atoms with Gasteiger partial charge in [-0.25, -0.2) is 0 Å². The third-order valence-corrected chi connectivity index (χ3v) is 3.20. The van der Waals surface area contributed by atoms with Crippen LogP contribution in [-0.4, -0.2) is 30.7 Å². The van der Waals surface area contributed by atoms with E-state index in [2.05, 4.69) is 13.8 Å². The zero-order valence-electron chi connectivity index (χ0n) is 8.81. The van der Waals surface area contributed by atoms with E-state index < -0.39 is 0 Å². The van der Waals surface area contributed by atoms with Crippen molar-refractivity contribution in [3.05, 3.63) is 0 Å². The van der Waals surface area contributed by atoms with Crippen LogP contribution in [0.3, 0.4) is 0 Å². The third kappa shape index (κ3) is 2.48. The Balaban J connectivity index is 2.35. The van der Waals surface area contributed by atoms with Crippen molar-refractivity contribution in [3.8, 4) is 0 Å². The molecule has 1 fully saturated rings. The number of likely N-dealkylation sites (tertiary alicyclic amines) is 1. The fourth-order valence-corrected chi connectivity index (χ4v) is 2.53. The summed E-state index contributed by atoms with van der Waals surface area (Å²) in [4.78, 5) is 0. The van der Waals surface area contributed by atoms with Crippen molar-refractivity contribution >= 4 is 0 Å². The van der Waals surface area contributed by atoms with E-state index in [-0.39, 0.29) is 0 Å². The predicted molar refractivity (Wildman–Crippen MR) is 54.2 cm³/mol. The molecular formula is C11H24N+. The standard InChI is InChI=1S/C11H24N/c1-3-5-9-12(8-4-2)10-6-7-11-12/h3-11H2,1-2H3/q+1. The van der Waals surface area contributed by atoms with E-state index in [9.17, 15) is 0 Å². The van der Waals surface area contributed by atoms with Crippen molar-refractivity contribution in [1.82, 2.24) is 0 Å². The highest BCUT2D eigenvalue weighted by molar-refractivity contribution is 4.54. The SMILES string of the molecule is CCCC[N+]1(CCC)CCCC1. The van der Waals surface area contributed by atoms with Crippen LogP contribution in [0.5, 0.6) is 0 Å². The number of nitrogens with zero attached hydrogens (tertiary/aromatic N) is 1. The molecule has 0 atom stereocenters. The average Bonchev–Trinajstić information content (AvgIpc) is 2.51. The largest absolute Gasteiger partial charge is 0.324 e. The van der Waals surface area contributed by atoms with Crippen LogP contribution in [0.15, 0.2) is 0 Å². The van der Waals surface area contributed by atoms with Crippen LogP contribution >= 0.6 is 0 Å². The molecule has 72 valence electrons. The highest BCUT2D eigenvalue weighted by atomic mass is 15.4. The van der Waals surface area contributed by atoms with E-state index >= 15 is 0 Å². The molecule has 1 heteroatoms. The average molecular weight is 170 g/mol. The molecule has 1 saturated heterocycles. The normalized spacial score (nSPS) is 21.5. The van der Waals surface area contributed by atoms with Gasteiger partial charge in [0, 0.05) is 12.8 Å². The summed E-state index contributed by atoms with van der Waals surface area (Å²) in [5.41, 5.74) is 0. The Morgan fingerprint density at radius 2 is 1.58 bits per heavy atom. The molecule has 1 aliphatic heterocycles. The number of quaternary nitrogens is 1. The molecule has 1 rings (SSSR count). The molecule has 1 aliphatic rings. The summed E-state index contributed by atoms with van der Waals surface area (Å²) in [7, 11) is 0. The molecule has 1 heterocycles. The highest BCUT2D eigenvalue weighted by Gasteiger charge is 2.29.